The lowest BCUT2D eigenvalue weighted by molar-refractivity contribution is -0.148. The van der Waals surface area contributed by atoms with Crippen molar-refractivity contribution in [1.29, 1.82) is 5.26 Å². The molecule has 1 aliphatic heterocycles. The highest BCUT2D eigenvalue weighted by molar-refractivity contribution is 7.90. The lowest BCUT2D eigenvalue weighted by Crippen LogP contribution is -2.36. The Labute approximate surface area is 173 Å². The number of benzene rings is 2. The molecule has 0 saturated heterocycles. The van der Waals surface area contributed by atoms with Gasteiger partial charge in [-0.05, 0) is 31.2 Å². The molecule has 0 bridgehead atoms. The molecule has 0 aromatic heterocycles. The number of ether oxygens (including phenoxy) is 1. The summed E-state index contributed by atoms with van der Waals surface area (Å²) in [7, 11) is -3.72. The number of nitriles is 1. The van der Waals surface area contributed by atoms with Crippen molar-refractivity contribution in [2.75, 3.05) is 18.1 Å². The van der Waals surface area contributed by atoms with Gasteiger partial charge in [-0.2, -0.15) is 5.26 Å². The van der Waals surface area contributed by atoms with Gasteiger partial charge < -0.3 is 4.74 Å². The second-order valence-corrected chi connectivity index (χ2v) is 7.99. The maximum Gasteiger partial charge on any atom is 0.331 e. The predicted molar refractivity (Wildman–Crippen MR) is 108 cm³/mol. The number of anilines is 1. The molecule has 9 nitrogen and oxygen atoms in total. The van der Waals surface area contributed by atoms with Crippen molar-refractivity contribution >= 4 is 33.4 Å². The highest BCUT2D eigenvalue weighted by Gasteiger charge is 2.31. The molecule has 2 aromatic carbocycles. The predicted octanol–water partition coefficient (Wildman–Crippen LogP) is 1.21. The fourth-order valence-electron chi connectivity index (χ4n) is 2.81. The van der Waals surface area contributed by atoms with E-state index in [1.165, 1.54) is 17.9 Å². The fourth-order valence-corrected chi connectivity index (χ4v) is 4.05. The normalized spacial score (nSPS) is 16.1. The highest BCUT2D eigenvalue weighted by Crippen LogP contribution is 2.22. The first-order valence-electron chi connectivity index (χ1n) is 8.92. The van der Waals surface area contributed by atoms with E-state index in [-0.39, 0.29) is 17.3 Å². The Kier molecular flexibility index (Phi) is 6.13. The Morgan fingerprint density at radius 3 is 2.53 bits per heavy atom. The second kappa shape index (κ2) is 8.75. The van der Waals surface area contributed by atoms with Crippen LogP contribution in [0.2, 0.25) is 0 Å². The molecule has 1 aliphatic rings. The molecular weight excluding hydrogens is 408 g/mol. The van der Waals surface area contributed by atoms with Crippen molar-refractivity contribution in [1.82, 2.24) is 4.72 Å². The molecule has 0 unspecified atom stereocenters. The number of hydrogen-bond acceptors (Lipinski definition) is 7. The van der Waals surface area contributed by atoms with Crippen LogP contribution in [0.25, 0.3) is 0 Å². The van der Waals surface area contributed by atoms with E-state index in [4.69, 9.17) is 10.00 Å². The third-order valence-corrected chi connectivity index (χ3v) is 5.66. The Balaban J connectivity index is 1.67. The number of esters is 1. The van der Waals surface area contributed by atoms with Gasteiger partial charge in [0.05, 0.1) is 11.0 Å². The van der Waals surface area contributed by atoms with Gasteiger partial charge in [-0.15, -0.1) is 0 Å². The number of carbonyl (C=O) groups excluding carboxylic acids is 2. The van der Waals surface area contributed by atoms with Gasteiger partial charge in [0.2, 0.25) is 0 Å². The minimum atomic E-state index is -3.72. The second-order valence-electron chi connectivity index (χ2n) is 6.34. The number of aliphatic imine (C=N–C) groups is 1. The minimum Gasteiger partial charge on any atom is -0.454 e. The van der Waals surface area contributed by atoms with Crippen LogP contribution in [0.1, 0.15) is 12.5 Å². The van der Waals surface area contributed by atoms with E-state index in [2.05, 4.69) is 9.71 Å². The third-order valence-electron chi connectivity index (χ3n) is 4.26. The van der Waals surface area contributed by atoms with Crippen LogP contribution in [0.5, 0.6) is 0 Å². The van der Waals surface area contributed by atoms with Crippen LogP contribution in [0.3, 0.4) is 0 Å². The number of nitrogens with one attached hydrogen (secondary N) is 1. The van der Waals surface area contributed by atoms with Crippen molar-refractivity contribution in [3.8, 4) is 6.07 Å². The summed E-state index contributed by atoms with van der Waals surface area (Å²) in [6, 6.07) is 15.6. The molecule has 154 valence electrons. The van der Waals surface area contributed by atoms with Crippen LogP contribution in [0.15, 0.2) is 64.5 Å². The van der Waals surface area contributed by atoms with Gasteiger partial charge in [0.15, 0.2) is 6.61 Å². The van der Waals surface area contributed by atoms with Crippen LogP contribution in [0, 0.1) is 11.3 Å². The van der Waals surface area contributed by atoms with Gasteiger partial charge in [0.1, 0.15) is 18.4 Å². The average Bonchev–Trinajstić information content (AvgIpc) is 3.00. The maximum absolute atomic E-state index is 12.4. The quantitative estimate of drug-likeness (QED) is 0.546. The Bertz CT molecular complexity index is 1140. The Morgan fingerprint density at radius 2 is 1.83 bits per heavy atom. The van der Waals surface area contributed by atoms with E-state index in [0.29, 0.717) is 11.3 Å². The number of para-hydroxylation sites is 1. The van der Waals surface area contributed by atoms with E-state index in [9.17, 15) is 18.0 Å². The number of fused-ring (bicyclic) bond motifs is 1. The van der Waals surface area contributed by atoms with Crippen molar-refractivity contribution < 1.29 is 22.7 Å². The zero-order valence-electron chi connectivity index (χ0n) is 16.0. The number of rotatable bonds is 6. The minimum absolute atomic E-state index is 0.0387. The first-order chi connectivity index (χ1) is 14.3. The lowest BCUT2D eigenvalue weighted by Gasteiger charge is -2.19. The largest absolute Gasteiger partial charge is 0.454 e. The van der Waals surface area contributed by atoms with Gasteiger partial charge in [-0.1, -0.05) is 30.3 Å². The molecule has 1 heterocycles. The summed E-state index contributed by atoms with van der Waals surface area (Å²) in [5.41, 5.74) is 0.864. The zero-order valence-corrected chi connectivity index (χ0v) is 16.8. The summed E-state index contributed by atoms with van der Waals surface area (Å²) in [4.78, 5) is 30.1. The molecular formula is C20H18N4O5S. The fraction of sp³-hybridized carbons (Fsp3) is 0.200. The molecule has 3 rings (SSSR count). The van der Waals surface area contributed by atoms with E-state index in [1.54, 1.807) is 48.5 Å². The smallest absolute Gasteiger partial charge is 0.331 e. The van der Waals surface area contributed by atoms with Crippen molar-refractivity contribution in [2.24, 2.45) is 4.99 Å². The summed E-state index contributed by atoms with van der Waals surface area (Å²) < 4.78 is 31.6. The van der Waals surface area contributed by atoms with Crippen molar-refractivity contribution in [2.45, 2.75) is 17.9 Å². The van der Waals surface area contributed by atoms with Crippen LogP contribution in [-0.4, -0.2) is 45.3 Å². The zero-order chi connectivity index (χ0) is 21.7. The number of sulfonamides is 1. The van der Waals surface area contributed by atoms with Crippen LogP contribution >= 0.6 is 0 Å². The SMILES string of the molecule is C[C@H](N=C1NS(=O)(=O)c2ccccc21)C(=O)OCC(=O)N(CC#N)c1ccccc1. The van der Waals surface area contributed by atoms with Gasteiger partial charge in [-0.3, -0.25) is 19.4 Å². The molecule has 0 saturated carbocycles. The van der Waals surface area contributed by atoms with E-state index in [1.807, 2.05) is 6.07 Å². The first-order valence-corrected chi connectivity index (χ1v) is 10.4. The van der Waals surface area contributed by atoms with Crippen molar-refractivity contribution in [3.63, 3.8) is 0 Å². The molecule has 0 fully saturated rings. The molecule has 10 heteroatoms. The van der Waals surface area contributed by atoms with Gasteiger partial charge in [0, 0.05) is 11.3 Å². The summed E-state index contributed by atoms with van der Waals surface area (Å²) in [6.07, 6.45) is 0. The molecule has 0 spiro atoms. The lowest BCUT2D eigenvalue weighted by atomic mass is 10.2. The molecule has 1 amide bonds. The summed E-state index contributed by atoms with van der Waals surface area (Å²) in [5, 5.41) is 8.97. The monoisotopic (exact) mass is 426 g/mol. The molecule has 0 radical (unpaired) electrons. The summed E-state index contributed by atoms with van der Waals surface area (Å²) >= 11 is 0. The van der Waals surface area contributed by atoms with Gasteiger partial charge >= 0.3 is 5.97 Å². The van der Waals surface area contributed by atoms with E-state index in [0.717, 1.165) is 0 Å². The van der Waals surface area contributed by atoms with Crippen LogP contribution in [-0.2, 0) is 24.3 Å². The van der Waals surface area contributed by atoms with Gasteiger partial charge in [-0.25, -0.2) is 13.2 Å². The molecule has 1 atom stereocenters. The maximum atomic E-state index is 12.4. The van der Waals surface area contributed by atoms with E-state index < -0.39 is 34.5 Å². The van der Waals surface area contributed by atoms with Crippen molar-refractivity contribution in [3.05, 3.63) is 60.2 Å². The van der Waals surface area contributed by atoms with Crippen LogP contribution < -0.4 is 9.62 Å². The molecule has 0 aliphatic carbocycles. The Hall–Kier alpha value is -3.71. The van der Waals surface area contributed by atoms with Crippen LogP contribution in [0.4, 0.5) is 5.69 Å². The standard InChI is InChI=1S/C20H18N4O5S/c1-14(22-19-16-9-5-6-10-17(16)30(27,28)23-19)20(26)29-13-18(25)24(12-11-21)15-7-3-2-4-8-15/h2-10,14H,12-13H2,1H3,(H,22,23)/t14-/m0/s1. The topological polar surface area (TPSA) is 129 Å². The average molecular weight is 426 g/mol. The molecule has 30 heavy (non-hydrogen) atoms. The van der Waals surface area contributed by atoms with E-state index >= 15 is 0 Å². The number of hydrogen-bond donors (Lipinski definition) is 1. The number of nitrogens with zero attached hydrogens (tertiary/aromatic N) is 3. The van der Waals surface area contributed by atoms with Gasteiger partial charge in [0.25, 0.3) is 15.9 Å². The summed E-state index contributed by atoms with van der Waals surface area (Å²) in [6.45, 7) is 0.656. The molecule has 2 aromatic rings. The summed E-state index contributed by atoms with van der Waals surface area (Å²) in [5.74, 6) is -1.33. The number of amides is 1. The molecule has 1 N–H and O–H groups in total. The number of carbonyl (C=O) groups is 2. The first kappa shape index (κ1) is 21.0. The number of amidine groups is 1. The third kappa shape index (κ3) is 4.47. The Morgan fingerprint density at radius 1 is 1.17 bits per heavy atom. The highest BCUT2D eigenvalue weighted by atomic mass is 32.2.